The fraction of sp³-hybridized carbons (Fsp3) is 0.316. The van der Waals surface area contributed by atoms with Gasteiger partial charge in [-0.05, 0) is 50.1 Å². The third-order valence-electron chi connectivity index (χ3n) is 4.40. The number of H-pyrrole nitrogens is 1. The van der Waals surface area contributed by atoms with E-state index in [0.29, 0.717) is 0 Å². The molecule has 0 aliphatic carbocycles. The highest BCUT2D eigenvalue weighted by molar-refractivity contribution is 7.98. The molecule has 1 aliphatic heterocycles. The summed E-state index contributed by atoms with van der Waals surface area (Å²) in [7, 11) is 0. The molecular weight excluding hydrogens is 302 g/mol. The number of aromatic nitrogens is 2. The van der Waals surface area contributed by atoms with Crippen molar-refractivity contribution in [1.29, 1.82) is 0 Å². The van der Waals surface area contributed by atoms with Crippen LogP contribution in [0.15, 0.2) is 47.6 Å². The highest BCUT2D eigenvalue weighted by atomic mass is 32.2. The Morgan fingerprint density at radius 1 is 1.13 bits per heavy atom. The van der Waals surface area contributed by atoms with Gasteiger partial charge in [0.2, 0.25) is 0 Å². The van der Waals surface area contributed by atoms with Crippen LogP contribution in [0.3, 0.4) is 0 Å². The number of anilines is 1. The van der Waals surface area contributed by atoms with Crippen molar-refractivity contribution >= 4 is 28.4 Å². The van der Waals surface area contributed by atoms with Crippen molar-refractivity contribution in [2.75, 3.05) is 18.0 Å². The maximum absolute atomic E-state index is 4.53. The number of nitrogens with one attached hydrogen (secondary N) is 1. The second-order valence-electron chi connectivity index (χ2n) is 6.21. The SMILES string of the molecule is Cc1ccc2[nH]c(SCc3cc(N4CCCC4)ccn3)cc2c1. The molecule has 1 fully saturated rings. The molecule has 1 aromatic carbocycles. The Balaban J connectivity index is 1.48. The normalized spacial score (nSPS) is 14.7. The van der Waals surface area contributed by atoms with E-state index in [1.54, 1.807) is 0 Å². The predicted molar refractivity (Wildman–Crippen MR) is 98.3 cm³/mol. The molecule has 0 amide bonds. The Morgan fingerprint density at radius 2 is 2.00 bits per heavy atom. The van der Waals surface area contributed by atoms with Crippen LogP contribution < -0.4 is 4.90 Å². The lowest BCUT2D eigenvalue weighted by atomic mass is 10.2. The summed E-state index contributed by atoms with van der Waals surface area (Å²) in [5, 5.41) is 2.49. The summed E-state index contributed by atoms with van der Waals surface area (Å²) in [6, 6.07) is 13.1. The fourth-order valence-corrected chi connectivity index (χ4v) is 4.02. The second kappa shape index (κ2) is 6.28. The van der Waals surface area contributed by atoms with E-state index < -0.39 is 0 Å². The number of benzene rings is 1. The van der Waals surface area contributed by atoms with Crippen molar-refractivity contribution in [3.63, 3.8) is 0 Å². The average Bonchev–Trinajstić information content (AvgIpc) is 3.22. The van der Waals surface area contributed by atoms with Crippen LogP contribution in [0.25, 0.3) is 10.9 Å². The molecule has 4 rings (SSSR count). The van der Waals surface area contributed by atoms with E-state index in [1.807, 2.05) is 18.0 Å². The van der Waals surface area contributed by atoms with Gasteiger partial charge in [0, 0.05) is 41.6 Å². The molecule has 0 radical (unpaired) electrons. The Labute approximate surface area is 141 Å². The highest BCUT2D eigenvalue weighted by Crippen LogP contribution is 2.28. The van der Waals surface area contributed by atoms with E-state index in [1.165, 1.54) is 53.1 Å². The van der Waals surface area contributed by atoms with Crippen LogP contribution in [0.5, 0.6) is 0 Å². The van der Waals surface area contributed by atoms with Crippen LogP contribution in [-0.4, -0.2) is 23.1 Å². The summed E-state index contributed by atoms with van der Waals surface area (Å²) >= 11 is 1.82. The maximum Gasteiger partial charge on any atom is 0.0736 e. The molecule has 3 aromatic rings. The molecule has 118 valence electrons. The zero-order chi connectivity index (χ0) is 15.6. The van der Waals surface area contributed by atoms with Crippen molar-refractivity contribution in [2.24, 2.45) is 0 Å². The van der Waals surface area contributed by atoms with Crippen molar-refractivity contribution in [3.8, 4) is 0 Å². The maximum atomic E-state index is 4.53. The predicted octanol–water partition coefficient (Wildman–Crippen LogP) is 4.76. The van der Waals surface area contributed by atoms with E-state index in [2.05, 4.69) is 58.2 Å². The third-order valence-corrected chi connectivity index (χ3v) is 5.37. The standard InChI is InChI=1S/C19H21N3S/c1-14-4-5-18-15(10-14)11-19(21-18)23-13-16-12-17(6-7-20-16)22-8-2-3-9-22/h4-7,10-12,21H,2-3,8-9,13H2,1H3. The van der Waals surface area contributed by atoms with Gasteiger partial charge in [0.05, 0.1) is 10.7 Å². The number of thioether (sulfide) groups is 1. The molecule has 0 spiro atoms. The molecule has 1 saturated heterocycles. The summed E-state index contributed by atoms with van der Waals surface area (Å²) in [4.78, 5) is 10.5. The van der Waals surface area contributed by atoms with Crippen molar-refractivity contribution in [1.82, 2.24) is 9.97 Å². The smallest absolute Gasteiger partial charge is 0.0736 e. The first-order valence-electron chi connectivity index (χ1n) is 8.20. The number of hydrogen-bond donors (Lipinski definition) is 1. The Hall–Kier alpha value is -1.94. The van der Waals surface area contributed by atoms with Gasteiger partial charge in [0.25, 0.3) is 0 Å². The minimum absolute atomic E-state index is 0.896. The summed E-state index contributed by atoms with van der Waals surface area (Å²) < 4.78 is 0. The van der Waals surface area contributed by atoms with Gasteiger partial charge in [-0.25, -0.2) is 0 Å². The summed E-state index contributed by atoms with van der Waals surface area (Å²) in [5.74, 6) is 0.896. The van der Waals surface area contributed by atoms with Crippen molar-refractivity contribution in [3.05, 3.63) is 53.9 Å². The van der Waals surface area contributed by atoms with Gasteiger partial charge in [-0.2, -0.15) is 0 Å². The Kier molecular flexibility index (Phi) is 4.00. The second-order valence-corrected chi connectivity index (χ2v) is 7.23. The van der Waals surface area contributed by atoms with Gasteiger partial charge in [-0.15, -0.1) is 11.8 Å². The van der Waals surface area contributed by atoms with Crippen LogP contribution in [-0.2, 0) is 5.75 Å². The Bertz CT molecular complexity index is 818. The number of rotatable bonds is 4. The average molecular weight is 323 g/mol. The molecule has 3 nitrogen and oxygen atoms in total. The largest absolute Gasteiger partial charge is 0.371 e. The van der Waals surface area contributed by atoms with E-state index in [-0.39, 0.29) is 0 Å². The first kappa shape index (κ1) is 14.6. The lowest BCUT2D eigenvalue weighted by molar-refractivity contribution is 0.949. The number of hydrogen-bond acceptors (Lipinski definition) is 3. The highest BCUT2D eigenvalue weighted by Gasteiger charge is 2.12. The van der Waals surface area contributed by atoms with Crippen LogP contribution in [0.4, 0.5) is 5.69 Å². The minimum Gasteiger partial charge on any atom is -0.371 e. The quantitative estimate of drug-likeness (QED) is 0.702. The molecule has 0 atom stereocenters. The van der Waals surface area contributed by atoms with Crippen molar-refractivity contribution in [2.45, 2.75) is 30.5 Å². The number of aryl methyl sites for hydroxylation is 1. The number of fused-ring (bicyclic) bond motifs is 1. The minimum atomic E-state index is 0.896. The van der Waals surface area contributed by atoms with E-state index >= 15 is 0 Å². The number of nitrogens with zero attached hydrogens (tertiary/aromatic N) is 2. The fourth-order valence-electron chi connectivity index (χ4n) is 3.17. The van der Waals surface area contributed by atoms with Gasteiger partial charge in [0.1, 0.15) is 0 Å². The molecule has 4 heteroatoms. The van der Waals surface area contributed by atoms with Crippen LogP contribution in [0.1, 0.15) is 24.1 Å². The van der Waals surface area contributed by atoms with Crippen LogP contribution in [0, 0.1) is 6.92 Å². The lowest BCUT2D eigenvalue weighted by Gasteiger charge is -2.17. The van der Waals surface area contributed by atoms with Crippen LogP contribution in [0.2, 0.25) is 0 Å². The van der Waals surface area contributed by atoms with Gasteiger partial charge in [-0.1, -0.05) is 11.6 Å². The Morgan fingerprint density at radius 3 is 2.87 bits per heavy atom. The molecule has 0 saturated carbocycles. The van der Waals surface area contributed by atoms with E-state index in [4.69, 9.17) is 0 Å². The molecule has 3 heterocycles. The zero-order valence-electron chi connectivity index (χ0n) is 13.4. The molecule has 2 aromatic heterocycles. The van der Waals surface area contributed by atoms with E-state index in [9.17, 15) is 0 Å². The first-order chi connectivity index (χ1) is 11.3. The topological polar surface area (TPSA) is 31.9 Å². The summed E-state index contributed by atoms with van der Waals surface area (Å²) in [6.07, 6.45) is 4.56. The molecule has 23 heavy (non-hydrogen) atoms. The molecular formula is C19H21N3S. The lowest BCUT2D eigenvalue weighted by Crippen LogP contribution is -2.17. The third kappa shape index (κ3) is 3.22. The van der Waals surface area contributed by atoms with Gasteiger partial charge < -0.3 is 9.88 Å². The first-order valence-corrected chi connectivity index (χ1v) is 9.18. The summed E-state index contributed by atoms with van der Waals surface area (Å²) in [5.41, 5.74) is 4.97. The number of pyridine rings is 1. The van der Waals surface area contributed by atoms with Gasteiger partial charge in [-0.3, -0.25) is 4.98 Å². The van der Waals surface area contributed by atoms with Crippen LogP contribution >= 0.6 is 11.8 Å². The molecule has 0 unspecified atom stereocenters. The number of aromatic amines is 1. The monoisotopic (exact) mass is 323 g/mol. The molecule has 0 bridgehead atoms. The van der Waals surface area contributed by atoms with Crippen molar-refractivity contribution < 1.29 is 0 Å². The molecule has 1 aliphatic rings. The molecule has 1 N–H and O–H groups in total. The van der Waals surface area contributed by atoms with Gasteiger partial charge >= 0.3 is 0 Å². The van der Waals surface area contributed by atoms with E-state index in [0.717, 1.165) is 11.4 Å². The zero-order valence-corrected chi connectivity index (χ0v) is 14.2. The summed E-state index contributed by atoms with van der Waals surface area (Å²) in [6.45, 7) is 4.49. The van der Waals surface area contributed by atoms with Gasteiger partial charge in [0.15, 0.2) is 0 Å².